The van der Waals surface area contributed by atoms with Crippen molar-refractivity contribution < 1.29 is 9.84 Å². The molecule has 0 heterocycles. The van der Waals surface area contributed by atoms with Crippen LogP contribution in [0.25, 0.3) is 0 Å². The summed E-state index contributed by atoms with van der Waals surface area (Å²) in [7, 11) is 0. The van der Waals surface area contributed by atoms with Gasteiger partial charge in [0.05, 0.1) is 11.1 Å². The van der Waals surface area contributed by atoms with Crippen molar-refractivity contribution in [2.45, 2.75) is 20.0 Å². The highest BCUT2D eigenvalue weighted by molar-refractivity contribution is 6.31. The van der Waals surface area contributed by atoms with Crippen molar-refractivity contribution in [3.05, 3.63) is 58.6 Å². The van der Waals surface area contributed by atoms with Crippen LogP contribution in [0, 0.1) is 6.92 Å². The van der Waals surface area contributed by atoms with E-state index in [1.807, 2.05) is 31.2 Å². The zero-order valence-corrected chi connectivity index (χ0v) is 11.1. The highest BCUT2D eigenvalue weighted by atomic mass is 35.5. The summed E-state index contributed by atoms with van der Waals surface area (Å²) < 4.78 is 5.71. The zero-order valence-electron chi connectivity index (χ0n) is 10.4. The Bertz CT molecular complexity index is 550. The predicted molar refractivity (Wildman–Crippen MR) is 73.3 cm³/mol. The quantitative estimate of drug-likeness (QED) is 0.883. The highest BCUT2D eigenvalue weighted by Crippen LogP contribution is 2.29. The number of aliphatic hydroxyl groups is 1. The van der Waals surface area contributed by atoms with Gasteiger partial charge in [-0.3, -0.25) is 0 Å². The molecule has 0 saturated carbocycles. The standard InChI is InChI=1S/C15H15ClO2/c1-10-4-3-5-12(8-10)18-13-6-7-14(11(2)17)15(16)9-13/h3-9,11,17H,1-2H3. The number of aryl methyl sites for hydroxylation is 1. The first-order valence-electron chi connectivity index (χ1n) is 5.78. The molecule has 2 nitrogen and oxygen atoms in total. The van der Waals surface area contributed by atoms with Gasteiger partial charge in [0.2, 0.25) is 0 Å². The molecule has 0 fully saturated rings. The molecule has 1 atom stereocenters. The van der Waals surface area contributed by atoms with Crippen LogP contribution in [0.1, 0.15) is 24.2 Å². The molecule has 1 unspecified atom stereocenters. The monoisotopic (exact) mass is 262 g/mol. The minimum atomic E-state index is -0.578. The van der Waals surface area contributed by atoms with Crippen molar-refractivity contribution in [1.82, 2.24) is 0 Å². The van der Waals surface area contributed by atoms with E-state index in [-0.39, 0.29) is 0 Å². The van der Waals surface area contributed by atoms with Gasteiger partial charge in [-0.2, -0.15) is 0 Å². The van der Waals surface area contributed by atoms with Gasteiger partial charge in [-0.05, 0) is 49.2 Å². The van der Waals surface area contributed by atoms with Crippen molar-refractivity contribution in [3.8, 4) is 11.5 Å². The molecule has 2 rings (SSSR count). The van der Waals surface area contributed by atoms with Gasteiger partial charge in [-0.25, -0.2) is 0 Å². The molecular formula is C15H15ClO2. The second-order valence-electron chi connectivity index (χ2n) is 4.28. The Labute approximate surface area is 112 Å². The van der Waals surface area contributed by atoms with Crippen LogP contribution in [-0.4, -0.2) is 5.11 Å². The summed E-state index contributed by atoms with van der Waals surface area (Å²) in [4.78, 5) is 0. The average Bonchev–Trinajstić information content (AvgIpc) is 2.28. The van der Waals surface area contributed by atoms with E-state index >= 15 is 0 Å². The maximum Gasteiger partial charge on any atom is 0.128 e. The minimum absolute atomic E-state index is 0.509. The molecule has 1 N–H and O–H groups in total. The largest absolute Gasteiger partial charge is 0.457 e. The first kappa shape index (κ1) is 12.9. The summed E-state index contributed by atoms with van der Waals surface area (Å²) in [5.41, 5.74) is 1.84. The molecule has 0 amide bonds. The van der Waals surface area contributed by atoms with E-state index in [0.717, 1.165) is 11.3 Å². The number of hydrogen-bond donors (Lipinski definition) is 1. The van der Waals surface area contributed by atoms with Crippen LogP contribution < -0.4 is 4.74 Å². The van der Waals surface area contributed by atoms with Gasteiger partial charge in [0.25, 0.3) is 0 Å². The van der Waals surface area contributed by atoms with Crippen LogP contribution in [0.3, 0.4) is 0 Å². The molecule has 2 aromatic carbocycles. The molecule has 0 saturated heterocycles. The molecular weight excluding hydrogens is 248 g/mol. The fraction of sp³-hybridized carbons (Fsp3) is 0.200. The van der Waals surface area contributed by atoms with Crippen LogP contribution in [0.15, 0.2) is 42.5 Å². The third kappa shape index (κ3) is 3.03. The third-order valence-corrected chi connectivity index (χ3v) is 2.97. The van der Waals surface area contributed by atoms with E-state index in [9.17, 15) is 5.11 Å². The highest BCUT2D eigenvalue weighted by Gasteiger charge is 2.08. The van der Waals surface area contributed by atoms with Gasteiger partial charge >= 0.3 is 0 Å². The molecule has 0 bridgehead atoms. The lowest BCUT2D eigenvalue weighted by Crippen LogP contribution is -1.93. The molecule has 0 spiro atoms. The summed E-state index contributed by atoms with van der Waals surface area (Å²) in [5.74, 6) is 1.44. The van der Waals surface area contributed by atoms with E-state index in [1.165, 1.54) is 0 Å². The smallest absolute Gasteiger partial charge is 0.128 e. The lowest BCUT2D eigenvalue weighted by molar-refractivity contribution is 0.199. The van der Waals surface area contributed by atoms with Gasteiger partial charge in [0.1, 0.15) is 11.5 Å². The molecule has 0 aliphatic carbocycles. The number of halogens is 1. The molecule has 18 heavy (non-hydrogen) atoms. The number of benzene rings is 2. The lowest BCUT2D eigenvalue weighted by Gasteiger charge is -2.10. The van der Waals surface area contributed by atoms with Crippen molar-refractivity contribution in [1.29, 1.82) is 0 Å². The number of aliphatic hydroxyl groups excluding tert-OH is 1. The second kappa shape index (κ2) is 5.42. The maximum absolute atomic E-state index is 9.50. The summed E-state index contributed by atoms with van der Waals surface area (Å²) in [6, 6.07) is 13.1. The summed E-state index contributed by atoms with van der Waals surface area (Å²) in [5, 5.41) is 10.0. The Hall–Kier alpha value is -1.51. The van der Waals surface area contributed by atoms with Crippen LogP contribution in [0.5, 0.6) is 11.5 Å². The molecule has 94 valence electrons. The van der Waals surface area contributed by atoms with Crippen molar-refractivity contribution in [2.24, 2.45) is 0 Å². The van der Waals surface area contributed by atoms with E-state index < -0.39 is 6.10 Å². The Kier molecular flexibility index (Phi) is 3.90. The molecule has 3 heteroatoms. The Morgan fingerprint density at radius 1 is 1.11 bits per heavy atom. The first-order valence-corrected chi connectivity index (χ1v) is 6.16. The topological polar surface area (TPSA) is 29.5 Å². The molecule has 0 aliphatic rings. The van der Waals surface area contributed by atoms with E-state index in [2.05, 4.69) is 0 Å². The number of rotatable bonds is 3. The predicted octanol–water partition coefficient (Wildman–Crippen LogP) is 4.49. The van der Waals surface area contributed by atoms with Crippen molar-refractivity contribution in [3.63, 3.8) is 0 Å². The molecule has 2 aromatic rings. The second-order valence-corrected chi connectivity index (χ2v) is 4.69. The van der Waals surface area contributed by atoms with E-state index in [1.54, 1.807) is 25.1 Å². The van der Waals surface area contributed by atoms with Gasteiger partial charge < -0.3 is 9.84 Å². The minimum Gasteiger partial charge on any atom is -0.457 e. The fourth-order valence-corrected chi connectivity index (χ4v) is 2.05. The van der Waals surface area contributed by atoms with Crippen molar-refractivity contribution in [2.75, 3.05) is 0 Å². The Morgan fingerprint density at radius 2 is 1.83 bits per heavy atom. The lowest BCUT2D eigenvalue weighted by atomic mass is 10.1. The van der Waals surface area contributed by atoms with Crippen LogP contribution in [0.4, 0.5) is 0 Å². The van der Waals surface area contributed by atoms with Gasteiger partial charge in [0, 0.05) is 0 Å². The SMILES string of the molecule is Cc1cccc(Oc2ccc(C(C)O)c(Cl)c2)c1. The Balaban J connectivity index is 2.23. The van der Waals surface area contributed by atoms with Crippen molar-refractivity contribution >= 4 is 11.6 Å². The maximum atomic E-state index is 9.50. The third-order valence-electron chi connectivity index (χ3n) is 2.65. The Morgan fingerprint density at radius 3 is 2.44 bits per heavy atom. The van der Waals surface area contributed by atoms with E-state index in [4.69, 9.17) is 16.3 Å². The zero-order chi connectivity index (χ0) is 13.1. The summed E-state index contributed by atoms with van der Waals surface area (Å²) >= 11 is 6.08. The fourth-order valence-electron chi connectivity index (χ4n) is 1.73. The number of hydrogen-bond acceptors (Lipinski definition) is 2. The molecule has 0 radical (unpaired) electrons. The average molecular weight is 263 g/mol. The van der Waals surface area contributed by atoms with Gasteiger partial charge in [-0.1, -0.05) is 29.8 Å². The number of ether oxygens (including phenoxy) is 1. The van der Waals surface area contributed by atoms with Crippen LogP contribution in [0.2, 0.25) is 5.02 Å². The normalized spacial score (nSPS) is 12.2. The van der Waals surface area contributed by atoms with Gasteiger partial charge in [-0.15, -0.1) is 0 Å². The van der Waals surface area contributed by atoms with Crippen LogP contribution >= 0.6 is 11.6 Å². The van der Waals surface area contributed by atoms with Crippen LogP contribution in [-0.2, 0) is 0 Å². The molecule has 0 aromatic heterocycles. The molecule has 0 aliphatic heterocycles. The first-order chi connectivity index (χ1) is 8.56. The van der Waals surface area contributed by atoms with Gasteiger partial charge in [0.15, 0.2) is 0 Å². The summed E-state index contributed by atoms with van der Waals surface area (Å²) in [6.45, 7) is 3.69. The summed E-state index contributed by atoms with van der Waals surface area (Å²) in [6.07, 6.45) is -0.578. The van der Waals surface area contributed by atoms with E-state index in [0.29, 0.717) is 16.3 Å².